The van der Waals surface area contributed by atoms with Crippen LogP contribution in [0, 0.1) is 0 Å². The van der Waals surface area contributed by atoms with Gasteiger partial charge in [-0.1, -0.05) is 0 Å². The summed E-state index contributed by atoms with van der Waals surface area (Å²) in [5.41, 5.74) is 0. The summed E-state index contributed by atoms with van der Waals surface area (Å²) in [5.74, 6) is 0.669. The summed E-state index contributed by atoms with van der Waals surface area (Å²) in [7, 11) is 0. The average molecular weight is 154 g/mol. The molecule has 62 valence electrons. The van der Waals surface area contributed by atoms with Crippen LogP contribution in [-0.4, -0.2) is 11.9 Å². The normalized spacial score (nSPS) is 34.0. The van der Waals surface area contributed by atoms with Crippen molar-refractivity contribution in [3.63, 3.8) is 0 Å². The minimum atomic E-state index is -0.388. The van der Waals surface area contributed by atoms with Crippen LogP contribution in [0.3, 0.4) is 0 Å². The lowest BCUT2D eigenvalue weighted by atomic mass is 10.0. The summed E-state index contributed by atoms with van der Waals surface area (Å²) in [4.78, 5) is 0. The Morgan fingerprint density at radius 3 is 3.09 bits per heavy atom. The highest BCUT2D eigenvalue weighted by Crippen LogP contribution is 2.36. The molecular formula is C9H14O2. The summed E-state index contributed by atoms with van der Waals surface area (Å²) in [5, 5.41) is 0. The third-order valence-corrected chi connectivity index (χ3v) is 2.12. The molecule has 0 aromatic heterocycles. The molecule has 2 aliphatic rings. The van der Waals surface area contributed by atoms with Crippen molar-refractivity contribution in [3.8, 4) is 0 Å². The van der Waals surface area contributed by atoms with Gasteiger partial charge in [0.05, 0.1) is 0 Å². The molecule has 1 aliphatic carbocycles. The molecule has 1 atom stereocenters. The Morgan fingerprint density at radius 1 is 1.55 bits per heavy atom. The summed E-state index contributed by atoms with van der Waals surface area (Å²) >= 11 is 0. The van der Waals surface area contributed by atoms with E-state index < -0.39 is 0 Å². The van der Waals surface area contributed by atoms with E-state index in [9.17, 15) is 0 Å². The van der Waals surface area contributed by atoms with Crippen LogP contribution in [0.5, 0.6) is 0 Å². The Hall–Kier alpha value is -0.500. The lowest BCUT2D eigenvalue weighted by Crippen LogP contribution is -2.21. The Balaban J connectivity index is 2.17. The van der Waals surface area contributed by atoms with E-state index in [1.807, 2.05) is 13.8 Å². The van der Waals surface area contributed by atoms with Crippen molar-refractivity contribution in [2.45, 2.75) is 45.0 Å². The molecule has 0 bridgehead atoms. The van der Waals surface area contributed by atoms with E-state index in [1.165, 1.54) is 6.42 Å². The molecule has 0 aromatic carbocycles. The van der Waals surface area contributed by atoms with Gasteiger partial charge < -0.3 is 9.47 Å². The van der Waals surface area contributed by atoms with Gasteiger partial charge in [-0.2, -0.15) is 0 Å². The van der Waals surface area contributed by atoms with Gasteiger partial charge in [-0.25, -0.2) is 0 Å². The summed E-state index contributed by atoms with van der Waals surface area (Å²) < 4.78 is 11.3. The van der Waals surface area contributed by atoms with E-state index in [-0.39, 0.29) is 11.9 Å². The second-order valence-corrected chi connectivity index (χ2v) is 3.65. The third kappa shape index (κ3) is 1.27. The first-order valence-electron chi connectivity index (χ1n) is 4.24. The van der Waals surface area contributed by atoms with E-state index in [2.05, 4.69) is 6.08 Å². The Kier molecular flexibility index (Phi) is 1.46. The van der Waals surface area contributed by atoms with Gasteiger partial charge in [0.25, 0.3) is 0 Å². The predicted molar refractivity (Wildman–Crippen MR) is 42.0 cm³/mol. The zero-order valence-electron chi connectivity index (χ0n) is 7.09. The highest BCUT2D eigenvalue weighted by Gasteiger charge is 2.38. The fourth-order valence-corrected chi connectivity index (χ4v) is 1.70. The highest BCUT2D eigenvalue weighted by atomic mass is 16.7. The summed E-state index contributed by atoms with van der Waals surface area (Å²) in [6.07, 6.45) is 5.90. The molecule has 0 spiro atoms. The minimum Gasteiger partial charge on any atom is -0.465 e. The van der Waals surface area contributed by atoms with Crippen LogP contribution in [0.2, 0.25) is 0 Å². The first-order chi connectivity index (χ1) is 5.17. The Morgan fingerprint density at radius 2 is 2.36 bits per heavy atom. The number of hydrogen-bond acceptors (Lipinski definition) is 2. The molecule has 0 N–H and O–H groups in total. The molecule has 0 amide bonds. The maximum Gasteiger partial charge on any atom is 0.205 e. The number of hydrogen-bond donors (Lipinski definition) is 0. The standard InChI is InChI=1S/C9H14O2/c1-9(2)10-7-5-3-4-6-8(7)11-9/h5,8H,3-4,6H2,1-2H3/t8-/m1/s1. The lowest BCUT2D eigenvalue weighted by molar-refractivity contribution is -0.133. The first-order valence-corrected chi connectivity index (χ1v) is 4.24. The number of ether oxygens (including phenoxy) is 2. The topological polar surface area (TPSA) is 18.5 Å². The quantitative estimate of drug-likeness (QED) is 0.532. The molecule has 0 unspecified atom stereocenters. The van der Waals surface area contributed by atoms with Gasteiger partial charge >= 0.3 is 0 Å². The molecule has 1 heterocycles. The Bertz CT molecular complexity index is 194. The van der Waals surface area contributed by atoms with Crippen LogP contribution in [0.15, 0.2) is 11.8 Å². The maximum atomic E-state index is 5.66. The average Bonchev–Trinajstić information content (AvgIpc) is 2.21. The van der Waals surface area contributed by atoms with Crippen molar-refractivity contribution in [3.05, 3.63) is 11.8 Å². The number of allylic oxidation sites excluding steroid dienone is 1. The van der Waals surface area contributed by atoms with Crippen molar-refractivity contribution in [2.75, 3.05) is 0 Å². The third-order valence-electron chi connectivity index (χ3n) is 2.12. The molecule has 1 saturated heterocycles. The minimum absolute atomic E-state index is 0.249. The SMILES string of the molecule is CC1(C)OC2=CCCC[C@H]2O1. The van der Waals surface area contributed by atoms with Gasteiger partial charge in [0.1, 0.15) is 11.9 Å². The van der Waals surface area contributed by atoms with E-state index in [4.69, 9.17) is 9.47 Å². The maximum absolute atomic E-state index is 5.66. The molecule has 0 aromatic rings. The first kappa shape index (κ1) is 7.17. The van der Waals surface area contributed by atoms with Crippen molar-refractivity contribution in [1.82, 2.24) is 0 Å². The fraction of sp³-hybridized carbons (Fsp3) is 0.778. The molecule has 0 saturated carbocycles. The van der Waals surface area contributed by atoms with Crippen LogP contribution in [0.4, 0.5) is 0 Å². The van der Waals surface area contributed by atoms with Crippen molar-refractivity contribution in [1.29, 1.82) is 0 Å². The predicted octanol–water partition coefficient (Wildman–Crippen LogP) is 2.21. The van der Waals surface area contributed by atoms with Gasteiger partial charge in [-0.3, -0.25) is 0 Å². The van der Waals surface area contributed by atoms with E-state index >= 15 is 0 Å². The van der Waals surface area contributed by atoms with Crippen molar-refractivity contribution >= 4 is 0 Å². The van der Waals surface area contributed by atoms with Crippen molar-refractivity contribution in [2.24, 2.45) is 0 Å². The molecule has 2 heteroatoms. The highest BCUT2D eigenvalue weighted by molar-refractivity contribution is 5.08. The summed E-state index contributed by atoms with van der Waals surface area (Å²) in [6, 6.07) is 0. The van der Waals surface area contributed by atoms with Gasteiger partial charge in [-0.15, -0.1) is 0 Å². The van der Waals surface area contributed by atoms with E-state index in [1.54, 1.807) is 0 Å². The van der Waals surface area contributed by atoms with Crippen LogP contribution >= 0.6 is 0 Å². The fourth-order valence-electron chi connectivity index (χ4n) is 1.70. The molecule has 2 rings (SSSR count). The van der Waals surface area contributed by atoms with Gasteiger partial charge in [0.2, 0.25) is 5.79 Å². The van der Waals surface area contributed by atoms with Gasteiger partial charge in [0.15, 0.2) is 0 Å². The van der Waals surface area contributed by atoms with Crippen LogP contribution in [-0.2, 0) is 9.47 Å². The largest absolute Gasteiger partial charge is 0.465 e. The number of rotatable bonds is 0. The molecule has 1 fully saturated rings. The smallest absolute Gasteiger partial charge is 0.205 e. The lowest BCUT2D eigenvalue weighted by Gasteiger charge is -2.15. The van der Waals surface area contributed by atoms with Crippen LogP contribution < -0.4 is 0 Å². The molecule has 11 heavy (non-hydrogen) atoms. The molecule has 0 radical (unpaired) electrons. The zero-order chi connectivity index (χ0) is 7.90. The molecule has 2 nitrogen and oxygen atoms in total. The molecule has 1 aliphatic heterocycles. The zero-order valence-corrected chi connectivity index (χ0v) is 7.09. The van der Waals surface area contributed by atoms with E-state index in [0.29, 0.717) is 0 Å². The van der Waals surface area contributed by atoms with Gasteiger partial charge in [0, 0.05) is 13.8 Å². The second-order valence-electron chi connectivity index (χ2n) is 3.65. The van der Waals surface area contributed by atoms with Gasteiger partial charge in [-0.05, 0) is 25.3 Å². The van der Waals surface area contributed by atoms with Crippen LogP contribution in [0.1, 0.15) is 33.1 Å². The molecular weight excluding hydrogens is 140 g/mol. The summed E-state index contributed by atoms with van der Waals surface area (Å²) in [6.45, 7) is 3.93. The van der Waals surface area contributed by atoms with Crippen LogP contribution in [0.25, 0.3) is 0 Å². The second kappa shape index (κ2) is 2.24. The monoisotopic (exact) mass is 154 g/mol. The number of fused-ring (bicyclic) bond motifs is 1. The Labute approximate surface area is 67.2 Å². The van der Waals surface area contributed by atoms with E-state index in [0.717, 1.165) is 18.6 Å². The van der Waals surface area contributed by atoms with Crippen molar-refractivity contribution < 1.29 is 9.47 Å².